The summed E-state index contributed by atoms with van der Waals surface area (Å²) in [6.45, 7) is 6.42. The normalized spacial score (nSPS) is 11.4. The molecular weight excluding hydrogens is 224 g/mol. The van der Waals surface area contributed by atoms with Gasteiger partial charge in [-0.3, -0.25) is 4.90 Å². The minimum absolute atomic E-state index is 0.234. The topological polar surface area (TPSA) is 49.5 Å². The zero-order valence-electron chi connectivity index (χ0n) is 11.6. The molecule has 0 atom stereocenters. The van der Waals surface area contributed by atoms with Gasteiger partial charge in [0.15, 0.2) is 0 Å². The Balaban J connectivity index is 2.53. The minimum Gasteiger partial charge on any atom is -0.399 e. The summed E-state index contributed by atoms with van der Waals surface area (Å²) in [5, 5.41) is 9.15. The van der Waals surface area contributed by atoms with E-state index in [1.165, 1.54) is 5.56 Å². The number of nitrogens with two attached hydrogens (primary N) is 1. The van der Waals surface area contributed by atoms with Crippen molar-refractivity contribution >= 4 is 5.69 Å². The Labute approximate surface area is 111 Å². The highest BCUT2D eigenvalue weighted by atomic mass is 16.3. The summed E-state index contributed by atoms with van der Waals surface area (Å²) in [5.74, 6) is 0. The molecule has 0 amide bonds. The van der Waals surface area contributed by atoms with Gasteiger partial charge in [0.2, 0.25) is 0 Å². The van der Waals surface area contributed by atoms with Crippen molar-refractivity contribution in [3.8, 4) is 0 Å². The number of anilines is 1. The molecule has 3 heteroatoms. The fraction of sp³-hybridized carbons (Fsp3) is 0.600. The van der Waals surface area contributed by atoms with Gasteiger partial charge in [-0.2, -0.15) is 0 Å². The number of nitrogen functional groups attached to an aromatic ring is 1. The van der Waals surface area contributed by atoms with Crippen molar-refractivity contribution in [1.29, 1.82) is 0 Å². The van der Waals surface area contributed by atoms with Gasteiger partial charge in [0.05, 0.1) is 6.61 Å². The molecule has 0 unspecified atom stereocenters. The maximum absolute atomic E-state index is 9.15. The van der Waals surface area contributed by atoms with Gasteiger partial charge >= 0.3 is 0 Å². The smallest absolute Gasteiger partial charge is 0.0558 e. The Morgan fingerprint density at radius 1 is 1.11 bits per heavy atom. The Morgan fingerprint density at radius 2 is 1.72 bits per heavy atom. The molecule has 18 heavy (non-hydrogen) atoms. The number of hydrogen-bond donors (Lipinski definition) is 2. The molecule has 0 aliphatic carbocycles. The van der Waals surface area contributed by atoms with E-state index in [0.29, 0.717) is 6.04 Å². The number of benzene rings is 1. The predicted octanol–water partition coefficient (Wildman–Crippen LogP) is 2.29. The zero-order chi connectivity index (χ0) is 13.4. The lowest BCUT2D eigenvalue weighted by molar-refractivity contribution is 0.145. The molecule has 102 valence electrons. The van der Waals surface area contributed by atoms with E-state index < -0.39 is 0 Å². The molecule has 0 heterocycles. The SMILES string of the molecule is CCC(CC)N(CCO)CCc1ccc(N)cc1. The summed E-state index contributed by atoms with van der Waals surface area (Å²) >= 11 is 0. The zero-order valence-corrected chi connectivity index (χ0v) is 11.6. The second kappa shape index (κ2) is 8.11. The van der Waals surface area contributed by atoms with E-state index in [2.05, 4.69) is 30.9 Å². The lowest BCUT2D eigenvalue weighted by atomic mass is 10.1. The Kier molecular flexibility index (Phi) is 6.76. The van der Waals surface area contributed by atoms with Crippen molar-refractivity contribution in [3.05, 3.63) is 29.8 Å². The van der Waals surface area contributed by atoms with E-state index in [4.69, 9.17) is 10.8 Å². The van der Waals surface area contributed by atoms with Gasteiger partial charge in [-0.15, -0.1) is 0 Å². The molecule has 0 aliphatic heterocycles. The first kappa shape index (κ1) is 15.0. The molecule has 0 aliphatic rings. The Bertz CT molecular complexity index is 320. The highest BCUT2D eigenvalue weighted by Gasteiger charge is 2.13. The fourth-order valence-electron chi connectivity index (χ4n) is 2.37. The second-order valence-electron chi connectivity index (χ2n) is 4.72. The lowest BCUT2D eigenvalue weighted by Crippen LogP contribution is -2.38. The highest BCUT2D eigenvalue weighted by molar-refractivity contribution is 5.39. The van der Waals surface area contributed by atoms with Crippen molar-refractivity contribution in [2.45, 2.75) is 39.2 Å². The van der Waals surface area contributed by atoms with Crippen LogP contribution in [-0.2, 0) is 6.42 Å². The summed E-state index contributed by atoms with van der Waals surface area (Å²) in [5.41, 5.74) is 7.79. The third-order valence-electron chi connectivity index (χ3n) is 3.51. The van der Waals surface area contributed by atoms with Crippen molar-refractivity contribution in [3.63, 3.8) is 0 Å². The quantitative estimate of drug-likeness (QED) is 0.696. The Morgan fingerprint density at radius 3 is 2.22 bits per heavy atom. The van der Waals surface area contributed by atoms with E-state index in [1.54, 1.807) is 0 Å². The molecule has 1 aromatic rings. The van der Waals surface area contributed by atoms with Crippen LogP contribution in [0.5, 0.6) is 0 Å². The molecule has 0 bridgehead atoms. The molecule has 1 rings (SSSR count). The number of aliphatic hydroxyl groups is 1. The van der Waals surface area contributed by atoms with Crippen LogP contribution in [0.25, 0.3) is 0 Å². The maximum atomic E-state index is 9.15. The van der Waals surface area contributed by atoms with E-state index in [-0.39, 0.29) is 6.61 Å². The number of aliphatic hydroxyl groups excluding tert-OH is 1. The average molecular weight is 250 g/mol. The van der Waals surface area contributed by atoms with Crippen LogP contribution in [0.15, 0.2) is 24.3 Å². The number of hydrogen-bond acceptors (Lipinski definition) is 3. The summed E-state index contributed by atoms with van der Waals surface area (Å²) in [7, 11) is 0. The van der Waals surface area contributed by atoms with Crippen LogP contribution < -0.4 is 5.73 Å². The third-order valence-corrected chi connectivity index (χ3v) is 3.51. The van der Waals surface area contributed by atoms with Gasteiger partial charge in [0, 0.05) is 24.8 Å². The molecule has 0 saturated heterocycles. The maximum Gasteiger partial charge on any atom is 0.0558 e. The van der Waals surface area contributed by atoms with Crippen molar-refractivity contribution < 1.29 is 5.11 Å². The van der Waals surface area contributed by atoms with Gasteiger partial charge in [-0.1, -0.05) is 26.0 Å². The van der Waals surface area contributed by atoms with Crippen molar-refractivity contribution in [2.24, 2.45) is 0 Å². The summed E-state index contributed by atoms with van der Waals surface area (Å²) in [4.78, 5) is 2.39. The third kappa shape index (κ3) is 4.67. The van der Waals surface area contributed by atoms with Crippen LogP contribution in [0, 0.1) is 0 Å². The first-order valence-electron chi connectivity index (χ1n) is 6.90. The monoisotopic (exact) mass is 250 g/mol. The van der Waals surface area contributed by atoms with Gasteiger partial charge in [-0.25, -0.2) is 0 Å². The van der Waals surface area contributed by atoms with Crippen LogP contribution in [0.2, 0.25) is 0 Å². The van der Waals surface area contributed by atoms with E-state index in [1.807, 2.05) is 12.1 Å². The first-order chi connectivity index (χ1) is 8.71. The number of rotatable bonds is 8. The second-order valence-corrected chi connectivity index (χ2v) is 4.72. The number of nitrogens with zero attached hydrogens (tertiary/aromatic N) is 1. The van der Waals surface area contributed by atoms with Crippen LogP contribution >= 0.6 is 0 Å². The largest absolute Gasteiger partial charge is 0.399 e. The fourth-order valence-corrected chi connectivity index (χ4v) is 2.37. The molecule has 0 spiro atoms. The van der Waals surface area contributed by atoms with Crippen LogP contribution in [0.3, 0.4) is 0 Å². The molecule has 0 aromatic heterocycles. The molecule has 0 radical (unpaired) electrons. The van der Waals surface area contributed by atoms with Crippen LogP contribution in [-0.4, -0.2) is 35.7 Å². The average Bonchev–Trinajstić information content (AvgIpc) is 2.39. The summed E-state index contributed by atoms with van der Waals surface area (Å²) in [6, 6.07) is 8.63. The summed E-state index contributed by atoms with van der Waals surface area (Å²) < 4.78 is 0. The molecular formula is C15H26N2O. The highest BCUT2D eigenvalue weighted by Crippen LogP contribution is 2.11. The standard InChI is InChI=1S/C15H26N2O/c1-3-15(4-2)17(11-12-18)10-9-13-5-7-14(16)8-6-13/h5-8,15,18H,3-4,9-12,16H2,1-2H3. The molecule has 0 saturated carbocycles. The molecule has 3 N–H and O–H groups in total. The first-order valence-corrected chi connectivity index (χ1v) is 6.90. The van der Waals surface area contributed by atoms with Crippen LogP contribution in [0.1, 0.15) is 32.3 Å². The molecule has 3 nitrogen and oxygen atoms in total. The van der Waals surface area contributed by atoms with E-state index >= 15 is 0 Å². The van der Waals surface area contributed by atoms with Crippen molar-refractivity contribution in [1.82, 2.24) is 4.90 Å². The van der Waals surface area contributed by atoms with Gasteiger partial charge in [-0.05, 0) is 37.0 Å². The van der Waals surface area contributed by atoms with Gasteiger partial charge < -0.3 is 10.8 Å². The van der Waals surface area contributed by atoms with E-state index in [0.717, 1.165) is 38.0 Å². The van der Waals surface area contributed by atoms with Gasteiger partial charge in [0.1, 0.15) is 0 Å². The predicted molar refractivity (Wildman–Crippen MR) is 77.6 cm³/mol. The molecule has 1 aromatic carbocycles. The van der Waals surface area contributed by atoms with E-state index in [9.17, 15) is 0 Å². The Hall–Kier alpha value is -1.06. The summed E-state index contributed by atoms with van der Waals surface area (Å²) in [6.07, 6.45) is 3.28. The molecule has 0 fully saturated rings. The minimum atomic E-state index is 0.234. The van der Waals surface area contributed by atoms with Gasteiger partial charge in [0.25, 0.3) is 0 Å². The van der Waals surface area contributed by atoms with Crippen molar-refractivity contribution in [2.75, 3.05) is 25.4 Å². The van der Waals surface area contributed by atoms with Crippen LogP contribution in [0.4, 0.5) is 5.69 Å². The lowest BCUT2D eigenvalue weighted by Gasteiger charge is -2.29.